The Bertz CT molecular complexity index is 499. The Hall–Kier alpha value is -1.35. The molecule has 0 unspecified atom stereocenters. The minimum Gasteiger partial charge on any atom is -1.00 e. The van der Waals surface area contributed by atoms with E-state index in [0.29, 0.717) is 0 Å². The molecule has 1 aromatic heterocycles. The van der Waals surface area contributed by atoms with Crippen LogP contribution in [0.3, 0.4) is 0 Å². The molecule has 1 aromatic carbocycles. The maximum Gasteiger partial charge on any atom is 0.176 e. The minimum absolute atomic E-state index is 0. The highest BCUT2D eigenvalue weighted by atomic mass is 79.9. The quantitative estimate of drug-likeness (QED) is 0.728. The van der Waals surface area contributed by atoms with Crippen LogP contribution in [-0.4, -0.2) is 7.11 Å². The summed E-state index contributed by atoms with van der Waals surface area (Å²) in [6.45, 7) is 3.24. The van der Waals surface area contributed by atoms with E-state index in [4.69, 9.17) is 4.74 Å². The second-order valence-corrected chi connectivity index (χ2v) is 4.06. The third-order valence-electron chi connectivity index (χ3n) is 2.74. The summed E-state index contributed by atoms with van der Waals surface area (Å²) >= 11 is 0. The summed E-state index contributed by atoms with van der Waals surface area (Å²) in [4.78, 5) is 0. The SMILES string of the molecule is CCC[n+]1cccc(-c2cccc(OC)c2)c1.[Br-]. The van der Waals surface area contributed by atoms with Gasteiger partial charge in [-0.3, -0.25) is 0 Å². The van der Waals surface area contributed by atoms with Crippen molar-refractivity contribution in [2.75, 3.05) is 7.11 Å². The largest absolute Gasteiger partial charge is 1.00 e. The van der Waals surface area contributed by atoms with Crippen LogP contribution in [0.4, 0.5) is 0 Å². The number of hydrogen-bond donors (Lipinski definition) is 0. The number of benzene rings is 1. The van der Waals surface area contributed by atoms with Gasteiger partial charge in [0.25, 0.3) is 0 Å². The molecular weight excluding hydrogens is 290 g/mol. The molecule has 18 heavy (non-hydrogen) atoms. The number of aryl methyl sites for hydroxylation is 1. The highest BCUT2D eigenvalue weighted by Gasteiger charge is 2.04. The van der Waals surface area contributed by atoms with Gasteiger partial charge in [0, 0.05) is 18.1 Å². The molecule has 2 nitrogen and oxygen atoms in total. The Balaban J connectivity index is 0.00000162. The topological polar surface area (TPSA) is 13.1 Å². The summed E-state index contributed by atoms with van der Waals surface area (Å²) in [5.74, 6) is 0.897. The number of pyridine rings is 1. The maximum atomic E-state index is 5.25. The van der Waals surface area contributed by atoms with Crippen molar-refractivity contribution < 1.29 is 26.3 Å². The fourth-order valence-electron chi connectivity index (χ4n) is 1.89. The van der Waals surface area contributed by atoms with Crippen molar-refractivity contribution in [3.05, 3.63) is 48.8 Å². The van der Waals surface area contributed by atoms with Crippen LogP contribution in [0, 0.1) is 0 Å². The number of ether oxygens (including phenoxy) is 1. The van der Waals surface area contributed by atoms with Crippen LogP contribution in [0.25, 0.3) is 11.1 Å². The van der Waals surface area contributed by atoms with Gasteiger partial charge >= 0.3 is 0 Å². The van der Waals surface area contributed by atoms with E-state index in [-0.39, 0.29) is 17.0 Å². The molecule has 0 saturated heterocycles. The lowest BCUT2D eigenvalue weighted by Gasteiger charge is -2.04. The molecule has 2 aromatic rings. The van der Waals surface area contributed by atoms with E-state index in [9.17, 15) is 0 Å². The van der Waals surface area contributed by atoms with Crippen LogP contribution in [0.1, 0.15) is 13.3 Å². The molecule has 0 aliphatic rings. The summed E-state index contributed by atoms with van der Waals surface area (Å²) in [7, 11) is 1.70. The smallest absolute Gasteiger partial charge is 0.176 e. The molecule has 0 spiro atoms. The first-order valence-electron chi connectivity index (χ1n) is 5.97. The number of aromatic nitrogens is 1. The second-order valence-electron chi connectivity index (χ2n) is 4.06. The van der Waals surface area contributed by atoms with Crippen LogP contribution in [-0.2, 0) is 6.54 Å². The zero-order valence-corrected chi connectivity index (χ0v) is 12.4. The van der Waals surface area contributed by atoms with Gasteiger partial charge < -0.3 is 21.7 Å². The zero-order chi connectivity index (χ0) is 12.1. The van der Waals surface area contributed by atoms with Crippen LogP contribution < -0.4 is 26.3 Å². The fraction of sp³-hybridized carbons (Fsp3) is 0.267. The average Bonchev–Trinajstić information content (AvgIpc) is 2.40. The molecule has 3 heteroatoms. The summed E-state index contributed by atoms with van der Waals surface area (Å²) in [5.41, 5.74) is 2.41. The Kier molecular flexibility index (Phi) is 5.86. The first kappa shape index (κ1) is 14.7. The fourth-order valence-corrected chi connectivity index (χ4v) is 1.89. The Labute approximate surface area is 119 Å². The van der Waals surface area contributed by atoms with Crippen molar-refractivity contribution >= 4 is 0 Å². The minimum atomic E-state index is 0. The van der Waals surface area contributed by atoms with Crippen LogP contribution in [0.5, 0.6) is 5.75 Å². The Morgan fingerprint density at radius 1 is 1.11 bits per heavy atom. The van der Waals surface area contributed by atoms with Crippen LogP contribution in [0.15, 0.2) is 48.8 Å². The zero-order valence-electron chi connectivity index (χ0n) is 10.8. The van der Waals surface area contributed by atoms with Gasteiger partial charge in [-0.2, -0.15) is 0 Å². The second kappa shape index (κ2) is 7.17. The molecular formula is C15H18BrNO. The van der Waals surface area contributed by atoms with Crippen LogP contribution in [0.2, 0.25) is 0 Å². The normalized spacial score (nSPS) is 9.67. The lowest BCUT2D eigenvalue weighted by molar-refractivity contribution is -0.696. The van der Waals surface area contributed by atoms with Gasteiger partial charge in [0.05, 0.1) is 7.11 Å². The van der Waals surface area contributed by atoms with Gasteiger partial charge in [-0.25, -0.2) is 4.57 Å². The van der Waals surface area contributed by atoms with E-state index in [2.05, 4.69) is 48.1 Å². The lowest BCUT2D eigenvalue weighted by atomic mass is 10.1. The average molecular weight is 308 g/mol. The van der Waals surface area contributed by atoms with E-state index < -0.39 is 0 Å². The van der Waals surface area contributed by atoms with Crippen molar-refractivity contribution in [2.24, 2.45) is 0 Å². The van der Waals surface area contributed by atoms with E-state index in [0.717, 1.165) is 18.7 Å². The lowest BCUT2D eigenvalue weighted by Crippen LogP contribution is -3.00. The van der Waals surface area contributed by atoms with E-state index in [1.165, 1.54) is 11.1 Å². The molecule has 0 bridgehead atoms. The Morgan fingerprint density at radius 2 is 1.89 bits per heavy atom. The van der Waals surface area contributed by atoms with Gasteiger partial charge in [-0.05, 0) is 23.8 Å². The van der Waals surface area contributed by atoms with Gasteiger partial charge in [-0.15, -0.1) is 0 Å². The molecule has 0 saturated carbocycles. The molecule has 0 aliphatic heterocycles. The highest BCUT2D eigenvalue weighted by Crippen LogP contribution is 2.22. The number of rotatable bonds is 4. The summed E-state index contributed by atoms with van der Waals surface area (Å²) in [5, 5.41) is 0. The maximum absolute atomic E-state index is 5.25. The van der Waals surface area contributed by atoms with Crippen molar-refractivity contribution in [1.29, 1.82) is 0 Å². The molecule has 0 aliphatic carbocycles. The number of nitrogens with zero attached hydrogens (tertiary/aromatic N) is 1. The monoisotopic (exact) mass is 307 g/mol. The summed E-state index contributed by atoms with van der Waals surface area (Å²) in [6.07, 6.45) is 5.43. The van der Waals surface area contributed by atoms with Gasteiger partial charge in [0.2, 0.25) is 0 Å². The third-order valence-corrected chi connectivity index (χ3v) is 2.74. The first-order chi connectivity index (χ1) is 8.33. The number of hydrogen-bond acceptors (Lipinski definition) is 1. The van der Waals surface area contributed by atoms with Gasteiger partial charge in [0.1, 0.15) is 12.3 Å². The van der Waals surface area contributed by atoms with Gasteiger partial charge in [0.15, 0.2) is 12.4 Å². The van der Waals surface area contributed by atoms with Crippen molar-refractivity contribution in [1.82, 2.24) is 0 Å². The predicted molar refractivity (Wildman–Crippen MR) is 68.9 cm³/mol. The molecule has 0 amide bonds. The molecule has 0 atom stereocenters. The Morgan fingerprint density at radius 3 is 2.61 bits per heavy atom. The van der Waals surface area contributed by atoms with Gasteiger partial charge in [-0.1, -0.05) is 19.1 Å². The molecule has 96 valence electrons. The van der Waals surface area contributed by atoms with E-state index >= 15 is 0 Å². The molecule has 0 fully saturated rings. The van der Waals surface area contributed by atoms with E-state index in [1.54, 1.807) is 7.11 Å². The van der Waals surface area contributed by atoms with E-state index in [1.807, 2.05) is 12.1 Å². The molecule has 0 N–H and O–H groups in total. The molecule has 2 rings (SSSR count). The number of methoxy groups -OCH3 is 1. The highest BCUT2D eigenvalue weighted by molar-refractivity contribution is 5.63. The number of halogens is 1. The predicted octanol–water partition coefficient (Wildman–Crippen LogP) is 0.0637. The van der Waals surface area contributed by atoms with Crippen molar-refractivity contribution in [3.63, 3.8) is 0 Å². The molecule has 1 heterocycles. The third kappa shape index (κ3) is 3.57. The van der Waals surface area contributed by atoms with Crippen molar-refractivity contribution in [2.45, 2.75) is 19.9 Å². The molecule has 0 radical (unpaired) electrons. The summed E-state index contributed by atoms with van der Waals surface area (Å²) in [6, 6.07) is 12.4. The first-order valence-corrected chi connectivity index (χ1v) is 5.97. The standard InChI is InChI=1S/C15H18NO.BrH/c1-3-9-16-10-5-7-14(12-16)13-6-4-8-15(11-13)17-2;/h4-8,10-12H,3,9H2,1-2H3;1H/q+1;/p-1. The van der Waals surface area contributed by atoms with Crippen LogP contribution >= 0.6 is 0 Å². The van der Waals surface area contributed by atoms with Crippen molar-refractivity contribution in [3.8, 4) is 16.9 Å². The summed E-state index contributed by atoms with van der Waals surface area (Å²) < 4.78 is 7.46.